The molecule has 2 heterocycles. The summed E-state index contributed by atoms with van der Waals surface area (Å²) in [5.74, 6) is 0.945. The van der Waals surface area contributed by atoms with Crippen LogP contribution in [0.15, 0.2) is 54.6 Å². The van der Waals surface area contributed by atoms with E-state index in [0.29, 0.717) is 57.2 Å². The maximum atomic E-state index is 13.9. The number of nitrogens with one attached hydrogen (secondary N) is 1. The number of anilines is 1. The number of carbonyl (C=O) groups excluding carboxylic acids is 3. The summed E-state index contributed by atoms with van der Waals surface area (Å²) in [6.45, 7) is 8.91. The fraction of sp³-hybridized carbons (Fsp3) is 0.516. The predicted octanol–water partition coefficient (Wildman–Crippen LogP) is 4.31. The van der Waals surface area contributed by atoms with Crippen LogP contribution in [0.4, 0.5) is 5.69 Å². The van der Waals surface area contributed by atoms with Gasteiger partial charge in [-0.25, -0.2) is 0 Å². The zero-order valence-electron chi connectivity index (χ0n) is 23.5. The van der Waals surface area contributed by atoms with Gasteiger partial charge in [-0.05, 0) is 61.6 Å². The first-order valence-electron chi connectivity index (χ1n) is 14.3. The molecule has 1 spiro atoms. The van der Waals surface area contributed by atoms with Crippen molar-refractivity contribution in [2.45, 2.75) is 58.4 Å². The lowest BCUT2D eigenvalue weighted by atomic mass is 9.85. The fourth-order valence-corrected chi connectivity index (χ4v) is 5.27. The molecule has 0 bridgehead atoms. The van der Waals surface area contributed by atoms with E-state index in [9.17, 15) is 14.4 Å². The molecule has 8 heteroatoms. The van der Waals surface area contributed by atoms with E-state index < -0.39 is 5.54 Å². The van der Waals surface area contributed by atoms with Crippen LogP contribution in [0.2, 0.25) is 0 Å². The molecule has 210 valence electrons. The van der Waals surface area contributed by atoms with Crippen molar-refractivity contribution in [3.05, 3.63) is 60.2 Å². The number of hydrogen-bond acceptors (Lipinski definition) is 5. The Morgan fingerprint density at radius 2 is 1.72 bits per heavy atom. The minimum atomic E-state index is -0.772. The van der Waals surface area contributed by atoms with Gasteiger partial charge >= 0.3 is 0 Å². The Kier molecular flexibility index (Phi) is 9.49. The molecule has 2 aliphatic rings. The van der Waals surface area contributed by atoms with Gasteiger partial charge in [-0.1, -0.05) is 51.8 Å². The average molecular weight is 535 g/mol. The number of likely N-dealkylation sites (tertiary alicyclic amines) is 1. The van der Waals surface area contributed by atoms with Crippen molar-refractivity contribution < 1.29 is 19.1 Å². The summed E-state index contributed by atoms with van der Waals surface area (Å²) in [4.78, 5) is 45.5. The summed E-state index contributed by atoms with van der Waals surface area (Å²) >= 11 is 0. The first kappa shape index (κ1) is 28.5. The van der Waals surface area contributed by atoms with E-state index in [1.54, 1.807) is 4.90 Å². The van der Waals surface area contributed by atoms with Crippen LogP contribution >= 0.6 is 0 Å². The second-order valence-electron chi connectivity index (χ2n) is 10.8. The van der Waals surface area contributed by atoms with Gasteiger partial charge < -0.3 is 24.8 Å². The van der Waals surface area contributed by atoms with Gasteiger partial charge in [-0.15, -0.1) is 0 Å². The van der Waals surface area contributed by atoms with Crippen molar-refractivity contribution in [3.8, 4) is 5.75 Å². The van der Waals surface area contributed by atoms with Crippen LogP contribution in [0.25, 0.3) is 0 Å². The largest absolute Gasteiger partial charge is 0.494 e. The standard InChI is InChI=1S/C31H42N4O4/c1-4-6-20-39-27-14-12-25(13-15-27)29(37)33-18-16-31(17-19-33)30(38)34(22-28(36)32-21-24(3)5-2)23-35(31)26-10-8-7-9-11-26/h7-15,24H,4-6,16-23H2,1-3H3,(H,32,36). The van der Waals surface area contributed by atoms with Gasteiger partial charge in [0.2, 0.25) is 5.91 Å². The van der Waals surface area contributed by atoms with Crippen LogP contribution in [0.1, 0.15) is 63.2 Å². The molecule has 39 heavy (non-hydrogen) atoms. The third-order valence-electron chi connectivity index (χ3n) is 8.01. The van der Waals surface area contributed by atoms with Gasteiger partial charge in [0.1, 0.15) is 17.8 Å². The fourth-order valence-electron chi connectivity index (χ4n) is 5.27. The highest BCUT2D eigenvalue weighted by molar-refractivity contribution is 5.97. The Hall–Kier alpha value is -3.55. The van der Waals surface area contributed by atoms with Crippen molar-refractivity contribution >= 4 is 23.4 Å². The van der Waals surface area contributed by atoms with E-state index in [4.69, 9.17) is 4.74 Å². The molecule has 8 nitrogen and oxygen atoms in total. The molecule has 2 aromatic carbocycles. The summed E-state index contributed by atoms with van der Waals surface area (Å²) in [6.07, 6.45) is 4.07. The SMILES string of the molecule is CCCCOc1ccc(C(=O)N2CCC3(CC2)C(=O)N(CC(=O)NCC(C)CC)CN3c2ccccc2)cc1. The summed E-state index contributed by atoms with van der Waals surface area (Å²) in [6, 6.07) is 17.2. The van der Waals surface area contributed by atoms with E-state index >= 15 is 0 Å². The number of piperidine rings is 1. The van der Waals surface area contributed by atoms with E-state index in [1.165, 1.54) is 0 Å². The number of para-hydroxylation sites is 1. The first-order chi connectivity index (χ1) is 18.9. The smallest absolute Gasteiger partial charge is 0.253 e. The molecule has 0 aliphatic carbocycles. The van der Waals surface area contributed by atoms with Gasteiger partial charge in [0.05, 0.1) is 13.3 Å². The van der Waals surface area contributed by atoms with Crippen molar-refractivity contribution in [1.82, 2.24) is 15.1 Å². The lowest BCUT2D eigenvalue weighted by molar-refractivity contribution is -0.137. The van der Waals surface area contributed by atoms with Gasteiger partial charge in [0, 0.05) is 30.9 Å². The van der Waals surface area contributed by atoms with Crippen LogP contribution in [0.5, 0.6) is 5.75 Å². The van der Waals surface area contributed by atoms with Crippen LogP contribution < -0.4 is 15.0 Å². The molecule has 4 rings (SSSR count). The molecule has 0 radical (unpaired) electrons. The summed E-state index contributed by atoms with van der Waals surface area (Å²) < 4.78 is 5.72. The van der Waals surface area contributed by atoms with Crippen LogP contribution in [0.3, 0.4) is 0 Å². The maximum absolute atomic E-state index is 13.9. The number of hydrogen-bond donors (Lipinski definition) is 1. The lowest BCUT2D eigenvalue weighted by Crippen LogP contribution is -2.57. The quantitative estimate of drug-likeness (QED) is 0.435. The highest BCUT2D eigenvalue weighted by Gasteiger charge is 2.54. The topological polar surface area (TPSA) is 82.2 Å². The number of unbranched alkanes of at least 4 members (excludes halogenated alkanes) is 1. The molecule has 2 saturated heterocycles. The Labute approximate surface area is 232 Å². The molecular weight excluding hydrogens is 492 g/mol. The van der Waals surface area contributed by atoms with E-state index in [0.717, 1.165) is 30.7 Å². The van der Waals surface area contributed by atoms with E-state index in [2.05, 4.69) is 31.0 Å². The molecule has 2 aromatic rings. The molecule has 1 atom stereocenters. The highest BCUT2D eigenvalue weighted by atomic mass is 16.5. The Balaban J connectivity index is 1.44. The Morgan fingerprint density at radius 1 is 1.03 bits per heavy atom. The number of benzene rings is 2. The number of ether oxygens (including phenoxy) is 1. The van der Waals surface area contributed by atoms with Gasteiger partial charge in [0.15, 0.2) is 0 Å². The number of carbonyl (C=O) groups is 3. The zero-order chi connectivity index (χ0) is 27.8. The van der Waals surface area contributed by atoms with Crippen LogP contribution in [-0.2, 0) is 9.59 Å². The third-order valence-corrected chi connectivity index (χ3v) is 8.01. The molecule has 0 aromatic heterocycles. The van der Waals surface area contributed by atoms with Crippen molar-refractivity contribution in [2.24, 2.45) is 5.92 Å². The first-order valence-corrected chi connectivity index (χ1v) is 14.3. The van der Waals surface area contributed by atoms with Crippen molar-refractivity contribution in [3.63, 3.8) is 0 Å². The minimum Gasteiger partial charge on any atom is -0.494 e. The van der Waals surface area contributed by atoms with E-state index in [1.807, 2.05) is 59.5 Å². The van der Waals surface area contributed by atoms with Crippen LogP contribution in [0, 0.1) is 5.92 Å². The summed E-state index contributed by atoms with van der Waals surface area (Å²) in [7, 11) is 0. The molecule has 2 fully saturated rings. The highest BCUT2D eigenvalue weighted by Crippen LogP contribution is 2.39. The number of nitrogens with zero attached hydrogens (tertiary/aromatic N) is 3. The molecule has 1 unspecified atom stereocenters. The third kappa shape index (κ3) is 6.54. The van der Waals surface area contributed by atoms with Gasteiger partial charge in [-0.3, -0.25) is 14.4 Å². The monoisotopic (exact) mass is 534 g/mol. The normalized spacial score (nSPS) is 17.4. The Bertz CT molecular complexity index is 1110. The number of rotatable bonds is 11. The summed E-state index contributed by atoms with van der Waals surface area (Å²) in [5, 5.41) is 2.97. The van der Waals surface area contributed by atoms with E-state index in [-0.39, 0.29) is 24.3 Å². The Morgan fingerprint density at radius 3 is 2.36 bits per heavy atom. The molecule has 1 N–H and O–H groups in total. The second-order valence-corrected chi connectivity index (χ2v) is 10.8. The molecule has 3 amide bonds. The minimum absolute atomic E-state index is 0.0364. The van der Waals surface area contributed by atoms with Gasteiger partial charge in [0.25, 0.3) is 11.8 Å². The molecule has 2 aliphatic heterocycles. The lowest BCUT2D eigenvalue weighted by Gasteiger charge is -2.43. The maximum Gasteiger partial charge on any atom is 0.253 e. The molecule has 0 saturated carbocycles. The van der Waals surface area contributed by atoms with Gasteiger partial charge in [-0.2, -0.15) is 0 Å². The van der Waals surface area contributed by atoms with Crippen molar-refractivity contribution in [1.29, 1.82) is 0 Å². The van der Waals surface area contributed by atoms with Crippen molar-refractivity contribution in [2.75, 3.05) is 44.4 Å². The number of amides is 3. The second kappa shape index (κ2) is 13.0. The zero-order valence-corrected chi connectivity index (χ0v) is 23.5. The average Bonchev–Trinajstić information content (AvgIpc) is 3.23. The molecular formula is C31H42N4O4. The summed E-state index contributed by atoms with van der Waals surface area (Å²) in [5.41, 5.74) is 0.796. The van der Waals surface area contributed by atoms with Crippen LogP contribution in [-0.4, -0.2) is 72.5 Å². The predicted molar refractivity (Wildman–Crippen MR) is 153 cm³/mol.